The molecule has 0 unspecified atom stereocenters. The van der Waals surface area contributed by atoms with Crippen molar-refractivity contribution < 1.29 is 9.53 Å². The highest BCUT2D eigenvalue weighted by atomic mass is 16.5. The molecular formula is C17H21N3O2. The molecule has 0 aliphatic carbocycles. The largest absolute Gasteiger partial charge is 0.491 e. The summed E-state index contributed by atoms with van der Waals surface area (Å²) in [5, 5.41) is 5.81. The maximum absolute atomic E-state index is 11.8. The average molecular weight is 299 g/mol. The molecule has 5 heteroatoms. The van der Waals surface area contributed by atoms with Gasteiger partial charge in [0.05, 0.1) is 11.7 Å². The zero-order valence-electron chi connectivity index (χ0n) is 13.1. The van der Waals surface area contributed by atoms with E-state index in [1.807, 2.05) is 38.1 Å². The number of nitrogens with zero attached hydrogens (tertiary/aromatic N) is 1. The van der Waals surface area contributed by atoms with E-state index in [4.69, 9.17) is 4.74 Å². The first-order valence-electron chi connectivity index (χ1n) is 7.26. The van der Waals surface area contributed by atoms with Gasteiger partial charge in [-0.3, -0.25) is 4.79 Å². The Morgan fingerprint density at radius 3 is 2.82 bits per heavy atom. The Bertz CT molecular complexity index is 641. The monoisotopic (exact) mass is 299 g/mol. The number of amides is 1. The van der Waals surface area contributed by atoms with Crippen molar-refractivity contribution in [2.45, 2.75) is 26.5 Å². The summed E-state index contributed by atoms with van der Waals surface area (Å²) < 4.78 is 5.68. The van der Waals surface area contributed by atoms with Gasteiger partial charge in [0.15, 0.2) is 0 Å². The van der Waals surface area contributed by atoms with Crippen LogP contribution in [0.3, 0.4) is 0 Å². The Hall–Kier alpha value is -2.56. The van der Waals surface area contributed by atoms with Gasteiger partial charge in [-0.15, -0.1) is 0 Å². The van der Waals surface area contributed by atoms with E-state index in [2.05, 4.69) is 15.6 Å². The molecule has 2 N–H and O–H groups in total. The quantitative estimate of drug-likeness (QED) is 0.861. The van der Waals surface area contributed by atoms with E-state index in [0.717, 1.165) is 11.3 Å². The number of hydrogen-bond donors (Lipinski definition) is 2. The molecule has 1 aromatic carbocycles. The molecule has 1 aromatic heterocycles. The first-order valence-corrected chi connectivity index (χ1v) is 7.26. The number of aromatic nitrogens is 1. The molecule has 0 atom stereocenters. The Kier molecular flexibility index (Phi) is 5.36. The lowest BCUT2D eigenvalue weighted by molar-refractivity contribution is 0.0963. The van der Waals surface area contributed by atoms with Crippen molar-refractivity contribution in [1.29, 1.82) is 0 Å². The predicted molar refractivity (Wildman–Crippen MR) is 87.2 cm³/mol. The lowest BCUT2D eigenvalue weighted by atomic mass is 10.2. The maximum atomic E-state index is 11.8. The van der Waals surface area contributed by atoms with E-state index >= 15 is 0 Å². The first kappa shape index (κ1) is 15.8. The number of carbonyl (C=O) groups excluding carboxylic acids is 1. The summed E-state index contributed by atoms with van der Waals surface area (Å²) in [4.78, 5) is 16.0. The topological polar surface area (TPSA) is 63.2 Å². The summed E-state index contributed by atoms with van der Waals surface area (Å²) in [6.07, 6.45) is 1.80. The average Bonchev–Trinajstić information content (AvgIpc) is 2.52. The Morgan fingerprint density at radius 1 is 1.27 bits per heavy atom. The Balaban J connectivity index is 2.09. The molecule has 2 aromatic rings. The lowest BCUT2D eigenvalue weighted by Crippen LogP contribution is -2.20. The minimum absolute atomic E-state index is 0.138. The third-order valence-electron chi connectivity index (χ3n) is 3.01. The van der Waals surface area contributed by atoms with Gasteiger partial charge in [0, 0.05) is 19.8 Å². The van der Waals surface area contributed by atoms with Crippen LogP contribution in [0, 0.1) is 0 Å². The molecule has 0 fully saturated rings. The predicted octanol–water partition coefficient (Wildman–Crippen LogP) is 2.84. The van der Waals surface area contributed by atoms with Gasteiger partial charge in [-0.1, -0.05) is 12.1 Å². The normalized spacial score (nSPS) is 10.4. The lowest BCUT2D eigenvalue weighted by Gasteiger charge is -2.12. The fourth-order valence-electron chi connectivity index (χ4n) is 2.05. The molecule has 2 rings (SSSR count). The van der Waals surface area contributed by atoms with Crippen LogP contribution in [-0.2, 0) is 6.54 Å². The minimum Gasteiger partial charge on any atom is -0.491 e. The number of ether oxygens (including phenoxy) is 1. The first-order chi connectivity index (χ1) is 10.6. The standard InChI is InChI=1S/C17H21N3O2/c1-12(2)22-14-7-4-6-13(10-14)11-20-16-15(17(21)18-3)8-5-9-19-16/h4-10,12H,11H2,1-3H3,(H,18,21)(H,19,20). The van der Waals surface area contributed by atoms with Gasteiger partial charge >= 0.3 is 0 Å². The summed E-state index contributed by atoms with van der Waals surface area (Å²) in [5.74, 6) is 1.24. The van der Waals surface area contributed by atoms with Crippen LogP contribution in [0.2, 0.25) is 0 Å². The molecule has 0 bridgehead atoms. The van der Waals surface area contributed by atoms with Crippen LogP contribution in [0.5, 0.6) is 5.75 Å². The van der Waals surface area contributed by atoms with Crippen molar-refractivity contribution in [3.8, 4) is 5.75 Å². The second-order valence-electron chi connectivity index (χ2n) is 5.15. The van der Waals surface area contributed by atoms with Crippen LogP contribution in [0.1, 0.15) is 29.8 Å². The highest BCUT2D eigenvalue weighted by Crippen LogP contribution is 2.17. The highest BCUT2D eigenvalue weighted by Gasteiger charge is 2.10. The summed E-state index contributed by atoms with van der Waals surface area (Å²) in [6.45, 7) is 4.55. The third-order valence-corrected chi connectivity index (χ3v) is 3.01. The number of pyridine rings is 1. The van der Waals surface area contributed by atoms with Gasteiger partial charge in [0.25, 0.3) is 5.91 Å². The van der Waals surface area contributed by atoms with Crippen molar-refractivity contribution in [3.63, 3.8) is 0 Å². The molecule has 116 valence electrons. The number of hydrogen-bond acceptors (Lipinski definition) is 4. The van der Waals surface area contributed by atoms with Crippen LogP contribution >= 0.6 is 0 Å². The molecule has 0 spiro atoms. The van der Waals surface area contributed by atoms with Crippen LogP contribution < -0.4 is 15.4 Å². The molecule has 22 heavy (non-hydrogen) atoms. The molecule has 1 heterocycles. The van der Waals surface area contributed by atoms with Crippen molar-refractivity contribution in [1.82, 2.24) is 10.3 Å². The summed E-state index contributed by atoms with van der Waals surface area (Å²) in [5.41, 5.74) is 1.59. The van der Waals surface area contributed by atoms with Gasteiger partial charge < -0.3 is 15.4 Å². The molecule has 5 nitrogen and oxygen atoms in total. The third kappa shape index (κ3) is 4.22. The Morgan fingerprint density at radius 2 is 2.09 bits per heavy atom. The SMILES string of the molecule is CNC(=O)c1cccnc1NCc1cccc(OC(C)C)c1. The second kappa shape index (κ2) is 7.45. The van der Waals surface area contributed by atoms with Crippen LogP contribution in [0.25, 0.3) is 0 Å². The van der Waals surface area contributed by atoms with Crippen molar-refractivity contribution in [2.75, 3.05) is 12.4 Å². The molecule has 0 saturated heterocycles. The number of rotatable bonds is 6. The van der Waals surface area contributed by atoms with E-state index in [0.29, 0.717) is 17.9 Å². The van der Waals surface area contributed by atoms with Crippen LogP contribution in [0.4, 0.5) is 5.82 Å². The van der Waals surface area contributed by atoms with E-state index in [9.17, 15) is 4.79 Å². The fraction of sp³-hybridized carbons (Fsp3) is 0.294. The molecule has 1 amide bonds. The zero-order chi connectivity index (χ0) is 15.9. The van der Waals surface area contributed by atoms with Crippen molar-refractivity contribution >= 4 is 11.7 Å². The fourth-order valence-corrected chi connectivity index (χ4v) is 2.05. The van der Waals surface area contributed by atoms with E-state index in [-0.39, 0.29) is 12.0 Å². The number of benzene rings is 1. The number of nitrogens with one attached hydrogen (secondary N) is 2. The van der Waals surface area contributed by atoms with Crippen molar-refractivity contribution in [2.24, 2.45) is 0 Å². The smallest absolute Gasteiger partial charge is 0.254 e. The Labute approximate surface area is 130 Å². The zero-order valence-corrected chi connectivity index (χ0v) is 13.1. The maximum Gasteiger partial charge on any atom is 0.254 e. The van der Waals surface area contributed by atoms with Crippen molar-refractivity contribution in [3.05, 3.63) is 53.7 Å². The molecule has 0 aliphatic rings. The van der Waals surface area contributed by atoms with E-state index < -0.39 is 0 Å². The number of carbonyl (C=O) groups is 1. The second-order valence-corrected chi connectivity index (χ2v) is 5.15. The summed E-state index contributed by atoms with van der Waals surface area (Å²) in [6, 6.07) is 11.4. The van der Waals surface area contributed by atoms with Gasteiger partial charge in [0.1, 0.15) is 11.6 Å². The molecular weight excluding hydrogens is 278 g/mol. The van der Waals surface area contributed by atoms with Crippen LogP contribution in [-0.4, -0.2) is 24.0 Å². The molecule has 0 radical (unpaired) electrons. The molecule has 0 aliphatic heterocycles. The van der Waals surface area contributed by atoms with Gasteiger partial charge in [-0.05, 0) is 43.7 Å². The van der Waals surface area contributed by atoms with Gasteiger partial charge in [-0.25, -0.2) is 4.98 Å². The summed E-state index contributed by atoms with van der Waals surface area (Å²) >= 11 is 0. The van der Waals surface area contributed by atoms with E-state index in [1.54, 1.807) is 25.4 Å². The van der Waals surface area contributed by atoms with Gasteiger partial charge in [0.2, 0.25) is 0 Å². The number of anilines is 1. The molecule has 0 saturated carbocycles. The van der Waals surface area contributed by atoms with E-state index in [1.165, 1.54) is 0 Å². The highest BCUT2D eigenvalue weighted by molar-refractivity contribution is 5.98. The van der Waals surface area contributed by atoms with Crippen LogP contribution in [0.15, 0.2) is 42.6 Å². The summed E-state index contributed by atoms with van der Waals surface area (Å²) in [7, 11) is 1.60. The minimum atomic E-state index is -0.160. The van der Waals surface area contributed by atoms with Gasteiger partial charge in [-0.2, -0.15) is 0 Å².